The molecule has 0 radical (unpaired) electrons. The van der Waals surface area contributed by atoms with E-state index in [9.17, 15) is 4.79 Å². The van der Waals surface area contributed by atoms with Gasteiger partial charge in [0.1, 0.15) is 6.10 Å². The quantitative estimate of drug-likeness (QED) is 0.327. The minimum Gasteiger partial charge on any atom is -0.450 e. The maximum absolute atomic E-state index is 11.1. The second kappa shape index (κ2) is 11.5. The fourth-order valence-electron chi connectivity index (χ4n) is 3.74. The summed E-state index contributed by atoms with van der Waals surface area (Å²) < 4.78 is 5.22. The van der Waals surface area contributed by atoms with Crippen LogP contribution in [0.15, 0.2) is 42.5 Å². The van der Waals surface area contributed by atoms with E-state index in [1.165, 1.54) is 42.4 Å². The van der Waals surface area contributed by atoms with E-state index in [-0.39, 0.29) is 6.10 Å². The fourth-order valence-corrected chi connectivity index (χ4v) is 3.74. The molecule has 0 aliphatic rings. The lowest BCUT2D eigenvalue weighted by molar-refractivity contribution is 0.0461. The first-order chi connectivity index (χ1) is 13.5. The first-order valence-electron chi connectivity index (χ1n) is 10.5. The number of ether oxygens (including phenoxy) is 1. The van der Waals surface area contributed by atoms with Gasteiger partial charge in [-0.15, -0.1) is 0 Å². The first kappa shape index (κ1) is 22.0. The molecule has 1 atom stereocenters. The van der Waals surface area contributed by atoms with Crippen molar-refractivity contribution in [3.05, 3.63) is 70.3 Å². The van der Waals surface area contributed by atoms with Crippen molar-refractivity contribution < 1.29 is 14.6 Å². The largest absolute Gasteiger partial charge is 0.506 e. The monoisotopic (exact) mass is 382 g/mol. The molecule has 0 spiro atoms. The predicted octanol–water partition coefficient (Wildman–Crippen LogP) is 7.32. The summed E-state index contributed by atoms with van der Waals surface area (Å²) in [6.07, 6.45) is 7.37. The van der Waals surface area contributed by atoms with E-state index in [1.807, 2.05) is 6.07 Å². The van der Waals surface area contributed by atoms with E-state index >= 15 is 0 Å². The van der Waals surface area contributed by atoms with Crippen molar-refractivity contribution in [1.82, 2.24) is 0 Å². The summed E-state index contributed by atoms with van der Waals surface area (Å²) in [5.74, 6) is 0. The van der Waals surface area contributed by atoms with Gasteiger partial charge in [-0.1, -0.05) is 68.1 Å². The molecule has 0 fully saturated rings. The minimum absolute atomic E-state index is 0.366. The van der Waals surface area contributed by atoms with Crippen LogP contribution in [0.25, 0.3) is 0 Å². The van der Waals surface area contributed by atoms with Crippen molar-refractivity contribution in [1.29, 1.82) is 0 Å². The van der Waals surface area contributed by atoms with Gasteiger partial charge >= 0.3 is 6.16 Å². The van der Waals surface area contributed by atoms with Gasteiger partial charge in [0.05, 0.1) is 0 Å². The summed E-state index contributed by atoms with van der Waals surface area (Å²) in [7, 11) is 0. The van der Waals surface area contributed by atoms with Gasteiger partial charge in [-0.25, -0.2) is 4.79 Å². The van der Waals surface area contributed by atoms with Crippen LogP contribution in [0, 0.1) is 20.8 Å². The lowest BCUT2D eigenvalue weighted by Gasteiger charge is -2.20. The minimum atomic E-state index is -1.19. The van der Waals surface area contributed by atoms with Crippen LogP contribution in [-0.2, 0) is 11.2 Å². The van der Waals surface area contributed by atoms with Gasteiger partial charge in [-0.05, 0) is 74.3 Å². The molecular weight excluding hydrogens is 348 g/mol. The van der Waals surface area contributed by atoms with Crippen molar-refractivity contribution in [2.75, 3.05) is 0 Å². The molecule has 0 heterocycles. The summed E-state index contributed by atoms with van der Waals surface area (Å²) in [6, 6.07) is 14.7. The van der Waals surface area contributed by atoms with Gasteiger partial charge in [0.2, 0.25) is 0 Å². The van der Waals surface area contributed by atoms with Crippen LogP contribution in [0.2, 0.25) is 0 Å². The molecule has 0 amide bonds. The molecule has 0 aliphatic carbocycles. The molecule has 0 saturated heterocycles. The topological polar surface area (TPSA) is 46.5 Å². The highest BCUT2D eigenvalue weighted by Gasteiger charge is 2.19. The molecule has 1 unspecified atom stereocenters. The van der Waals surface area contributed by atoms with E-state index < -0.39 is 6.16 Å². The van der Waals surface area contributed by atoms with Gasteiger partial charge in [0.15, 0.2) is 0 Å². The number of aryl methyl sites for hydroxylation is 2. The number of unbranched alkanes of at least 4 members (excludes halogenated alkanes) is 5. The first-order valence-corrected chi connectivity index (χ1v) is 10.5. The molecule has 2 aromatic carbocycles. The molecule has 0 saturated carbocycles. The van der Waals surface area contributed by atoms with Crippen molar-refractivity contribution >= 4 is 6.16 Å². The fraction of sp³-hybridized carbons (Fsp3) is 0.480. The predicted molar refractivity (Wildman–Crippen MR) is 115 cm³/mol. The van der Waals surface area contributed by atoms with Crippen LogP contribution in [0.1, 0.15) is 78.9 Å². The zero-order chi connectivity index (χ0) is 20.4. The van der Waals surface area contributed by atoms with Gasteiger partial charge in [0, 0.05) is 0 Å². The van der Waals surface area contributed by atoms with Crippen LogP contribution in [-0.4, -0.2) is 11.3 Å². The van der Waals surface area contributed by atoms with Gasteiger partial charge in [-0.3, -0.25) is 0 Å². The Labute approximate surface area is 169 Å². The molecule has 3 heteroatoms. The van der Waals surface area contributed by atoms with E-state index in [2.05, 4.69) is 57.2 Å². The van der Waals surface area contributed by atoms with E-state index in [0.29, 0.717) is 0 Å². The second-order valence-corrected chi connectivity index (χ2v) is 7.74. The molecular formula is C25H34O3. The molecule has 152 valence electrons. The summed E-state index contributed by atoms with van der Waals surface area (Å²) in [5.41, 5.74) is 6.01. The Morgan fingerprint density at radius 2 is 1.50 bits per heavy atom. The van der Waals surface area contributed by atoms with Gasteiger partial charge in [-0.2, -0.15) is 0 Å². The van der Waals surface area contributed by atoms with Crippen LogP contribution < -0.4 is 0 Å². The van der Waals surface area contributed by atoms with Crippen LogP contribution in [0.3, 0.4) is 0 Å². The maximum Gasteiger partial charge on any atom is 0.506 e. The van der Waals surface area contributed by atoms with Crippen molar-refractivity contribution in [2.24, 2.45) is 0 Å². The summed E-state index contributed by atoms with van der Waals surface area (Å²) in [6.45, 7) is 6.22. The number of carbonyl (C=O) groups is 1. The average Bonchev–Trinajstić information content (AvgIpc) is 2.68. The van der Waals surface area contributed by atoms with Crippen LogP contribution in [0.4, 0.5) is 4.79 Å². The Hall–Kier alpha value is -2.29. The van der Waals surface area contributed by atoms with E-state index in [1.54, 1.807) is 0 Å². The molecule has 2 aromatic rings. The zero-order valence-corrected chi connectivity index (χ0v) is 17.5. The number of hydrogen-bond donors (Lipinski definition) is 1. The molecule has 3 nitrogen and oxygen atoms in total. The van der Waals surface area contributed by atoms with E-state index in [0.717, 1.165) is 36.8 Å². The Kier molecular flexibility index (Phi) is 9.06. The molecule has 0 aliphatic heterocycles. The highest BCUT2D eigenvalue weighted by Crippen LogP contribution is 2.30. The summed E-state index contributed by atoms with van der Waals surface area (Å²) >= 11 is 0. The van der Waals surface area contributed by atoms with Gasteiger partial charge in [0.25, 0.3) is 0 Å². The molecule has 0 aromatic heterocycles. The van der Waals surface area contributed by atoms with Crippen molar-refractivity contribution in [3.8, 4) is 0 Å². The SMILES string of the molecule is Cc1ccc(C(CCCCCCCCc2ccccc2)OC(=O)O)c(C)c1C. The Balaban J connectivity index is 1.72. The standard InChI is InChI=1S/C25H34O3/c1-19-17-18-23(21(3)20(19)2)24(28-25(26)27)16-12-7-5-4-6-9-13-22-14-10-8-11-15-22/h8,10-11,14-15,17-18,24H,4-7,9,12-13,16H2,1-3H3,(H,26,27). The van der Waals surface area contributed by atoms with Crippen LogP contribution in [0.5, 0.6) is 0 Å². The lowest BCUT2D eigenvalue weighted by atomic mass is 9.93. The van der Waals surface area contributed by atoms with Crippen molar-refractivity contribution in [2.45, 2.75) is 78.2 Å². The number of carboxylic acid groups (broad SMARTS) is 1. The number of benzene rings is 2. The Bertz CT molecular complexity index is 737. The summed E-state index contributed by atoms with van der Waals surface area (Å²) in [5, 5.41) is 9.13. The maximum atomic E-state index is 11.1. The third-order valence-electron chi connectivity index (χ3n) is 5.71. The Morgan fingerprint density at radius 1 is 0.857 bits per heavy atom. The Morgan fingerprint density at radius 3 is 2.18 bits per heavy atom. The third-order valence-corrected chi connectivity index (χ3v) is 5.71. The highest BCUT2D eigenvalue weighted by atomic mass is 16.7. The van der Waals surface area contributed by atoms with Crippen molar-refractivity contribution in [3.63, 3.8) is 0 Å². The van der Waals surface area contributed by atoms with Gasteiger partial charge < -0.3 is 9.84 Å². The number of hydrogen-bond acceptors (Lipinski definition) is 2. The third kappa shape index (κ3) is 7.03. The van der Waals surface area contributed by atoms with E-state index in [4.69, 9.17) is 9.84 Å². The molecule has 1 N–H and O–H groups in total. The number of rotatable bonds is 11. The van der Waals surface area contributed by atoms with Crippen LogP contribution >= 0.6 is 0 Å². The smallest absolute Gasteiger partial charge is 0.450 e. The normalized spacial score (nSPS) is 12.0. The molecule has 0 bridgehead atoms. The summed E-state index contributed by atoms with van der Waals surface area (Å²) in [4.78, 5) is 11.1. The zero-order valence-electron chi connectivity index (χ0n) is 17.5. The highest BCUT2D eigenvalue weighted by molar-refractivity contribution is 5.57. The average molecular weight is 383 g/mol. The molecule has 2 rings (SSSR count). The lowest BCUT2D eigenvalue weighted by Crippen LogP contribution is -2.11. The second-order valence-electron chi connectivity index (χ2n) is 7.74. The molecule has 28 heavy (non-hydrogen) atoms.